The normalized spacial score (nSPS) is 10.4. The zero-order valence-corrected chi connectivity index (χ0v) is 25.5. The third-order valence-electron chi connectivity index (χ3n) is 6.50. The Bertz CT molecular complexity index is 896. The summed E-state index contributed by atoms with van der Waals surface area (Å²) in [6.45, 7) is 23.4. The Balaban J connectivity index is 0.000000583. The maximum Gasteiger partial charge on any atom is 0.132 e. The van der Waals surface area contributed by atoms with Gasteiger partial charge in [-0.1, -0.05) is 89.4 Å². The summed E-state index contributed by atoms with van der Waals surface area (Å²) in [6, 6.07) is 14.7. The highest BCUT2D eigenvalue weighted by Crippen LogP contribution is 2.23. The van der Waals surface area contributed by atoms with Gasteiger partial charge in [0.15, 0.2) is 0 Å². The number of anilines is 1. The van der Waals surface area contributed by atoms with E-state index in [2.05, 4.69) is 103 Å². The second kappa shape index (κ2) is 20.6. The number of rotatable bonds is 13. The number of aryl methyl sites for hydroxylation is 3. The molecule has 37 heavy (non-hydrogen) atoms. The van der Waals surface area contributed by atoms with Gasteiger partial charge in [0.25, 0.3) is 0 Å². The zero-order valence-electron chi connectivity index (χ0n) is 25.5. The molecule has 0 saturated carbocycles. The van der Waals surface area contributed by atoms with Crippen LogP contribution in [0, 0.1) is 26.7 Å². The molecule has 1 N–H and O–H groups in total. The molecule has 3 nitrogen and oxygen atoms in total. The van der Waals surface area contributed by atoms with Gasteiger partial charge in [-0.15, -0.1) is 0 Å². The molecule has 0 amide bonds. The molecule has 0 aliphatic rings. The number of ketones is 1. The summed E-state index contributed by atoms with van der Waals surface area (Å²) >= 11 is 0. The smallest absolute Gasteiger partial charge is 0.132 e. The van der Waals surface area contributed by atoms with Crippen LogP contribution in [0.1, 0.15) is 102 Å². The summed E-state index contributed by atoms with van der Waals surface area (Å²) in [7, 11) is 2.19. The molecule has 2 aromatic rings. The minimum absolute atomic E-state index is 0.343. The number of carbonyl (C=O) groups excluding carboxylic acids is 1. The van der Waals surface area contributed by atoms with Crippen LogP contribution in [0.5, 0.6) is 0 Å². The van der Waals surface area contributed by atoms with Gasteiger partial charge in [-0.3, -0.25) is 4.79 Å². The fourth-order valence-corrected chi connectivity index (χ4v) is 4.17. The lowest BCUT2D eigenvalue weighted by molar-refractivity contribution is -0.121. The molecule has 0 radical (unpaired) electrons. The lowest BCUT2D eigenvalue weighted by Gasteiger charge is -2.14. The molecule has 0 spiro atoms. The maximum atomic E-state index is 10.9. The van der Waals surface area contributed by atoms with Gasteiger partial charge >= 0.3 is 0 Å². The molecule has 0 bridgehead atoms. The van der Waals surface area contributed by atoms with Crippen LogP contribution in [0.2, 0.25) is 0 Å². The Morgan fingerprint density at radius 1 is 0.865 bits per heavy atom. The molecular weight excluding hydrogens is 452 g/mol. The van der Waals surface area contributed by atoms with Crippen molar-refractivity contribution in [3.05, 3.63) is 71.3 Å². The predicted octanol–water partition coefficient (Wildman–Crippen LogP) is 9.61. The highest BCUT2D eigenvalue weighted by atomic mass is 16.1. The lowest BCUT2D eigenvalue weighted by atomic mass is 9.95. The minimum Gasteiger partial charge on any atom is -0.355 e. The lowest BCUT2D eigenvalue weighted by Crippen LogP contribution is -2.19. The van der Waals surface area contributed by atoms with E-state index in [0.717, 1.165) is 37.1 Å². The third-order valence-corrected chi connectivity index (χ3v) is 6.50. The molecule has 2 rings (SSSR count). The number of hydrogen-bond acceptors (Lipinski definition) is 3. The fraction of sp³-hybridized carbons (Fsp3) is 0.559. The van der Waals surface area contributed by atoms with Crippen LogP contribution in [0.25, 0.3) is 5.70 Å². The number of nitrogens with one attached hydrogen (secondary N) is 1. The van der Waals surface area contributed by atoms with E-state index in [1.54, 1.807) is 6.92 Å². The van der Waals surface area contributed by atoms with Gasteiger partial charge in [0.1, 0.15) is 5.78 Å². The molecule has 0 aliphatic carbocycles. The number of hydrogen-bond donors (Lipinski definition) is 1. The SMILES string of the molecule is C=C(Nc1ccccc1C)c1cc(C)ccc1C.CCCC(CCC)C(C)=O.CCCCN(C)CCC. The van der Waals surface area contributed by atoms with Crippen molar-refractivity contribution in [1.29, 1.82) is 0 Å². The van der Waals surface area contributed by atoms with Crippen molar-refractivity contribution >= 4 is 17.2 Å². The number of unbranched alkanes of at least 4 members (excludes halogenated alkanes) is 1. The van der Waals surface area contributed by atoms with E-state index in [1.165, 1.54) is 54.6 Å². The molecule has 0 aromatic heterocycles. The van der Waals surface area contributed by atoms with E-state index in [0.29, 0.717) is 11.7 Å². The van der Waals surface area contributed by atoms with Gasteiger partial charge in [0.2, 0.25) is 0 Å². The molecule has 2 aromatic carbocycles. The van der Waals surface area contributed by atoms with Crippen LogP contribution >= 0.6 is 0 Å². The van der Waals surface area contributed by atoms with Crippen LogP contribution in [0.15, 0.2) is 49.0 Å². The first-order valence-electron chi connectivity index (χ1n) is 14.4. The average Bonchev–Trinajstić information content (AvgIpc) is 2.86. The van der Waals surface area contributed by atoms with Crippen LogP contribution < -0.4 is 5.32 Å². The van der Waals surface area contributed by atoms with E-state index in [-0.39, 0.29) is 0 Å². The number of nitrogens with zero attached hydrogens (tertiary/aromatic N) is 1. The van der Waals surface area contributed by atoms with E-state index in [9.17, 15) is 4.79 Å². The summed E-state index contributed by atoms with van der Waals surface area (Å²) < 4.78 is 0. The van der Waals surface area contributed by atoms with Gasteiger partial charge in [-0.05, 0) is 96.8 Å². The second-order valence-corrected chi connectivity index (χ2v) is 10.3. The second-order valence-electron chi connectivity index (χ2n) is 10.3. The van der Waals surface area contributed by atoms with E-state index < -0.39 is 0 Å². The van der Waals surface area contributed by atoms with Crippen LogP contribution in [-0.4, -0.2) is 30.8 Å². The number of benzene rings is 2. The molecule has 0 atom stereocenters. The molecule has 3 heteroatoms. The van der Waals surface area contributed by atoms with Crippen molar-refractivity contribution in [2.75, 3.05) is 25.5 Å². The monoisotopic (exact) mass is 508 g/mol. The van der Waals surface area contributed by atoms with Gasteiger partial charge in [-0.25, -0.2) is 0 Å². The molecule has 0 saturated heterocycles. The Hall–Kier alpha value is -2.39. The Morgan fingerprint density at radius 3 is 2.00 bits per heavy atom. The van der Waals surface area contributed by atoms with Crippen molar-refractivity contribution in [3.63, 3.8) is 0 Å². The Kier molecular flexibility index (Phi) is 19.3. The molecule has 0 aliphatic heterocycles. The Morgan fingerprint density at radius 2 is 1.49 bits per heavy atom. The predicted molar refractivity (Wildman–Crippen MR) is 166 cm³/mol. The fourth-order valence-electron chi connectivity index (χ4n) is 4.17. The van der Waals surface area contributed by atoms with Gasteiger partial charge in [0.05, 0.1) is 0 Å². The quantitative estimate of drug-likeness (QED) is 0.292. The van der Waals surface area contributed by atoms with Gasteiger partial charge in [0, 0.05) is 22.9 Å². The largest absolute Gasteiger partial charge is 0.355 e. The van der Waals surface area contributed by atoms with Crippen molar-refractivity contribution < 1.29 is 4.79 Å². The van der Waals surface area contributed by atoms with Gasteiger partial charge < -0.3 is 10.2 Å². The average molecular weight is 509 g/mol. The molecule has 0 heterocycles. The van der Waals surface area contributed by atoms with Crippen molar-refractivity contribution in [2.24, 2.45) is 5.92 Å². The highest BCUT2D eigenvalue weighted by molar-refractivity contribution is 5.78. The standard InChI is InChI=1S/C17H19N.C9H18O.C8H19N/c1-12-9-10-13(2)16(11-12)15(4)18-17-8-6-5-7-14(17)3;1-4-6-9(7-5-2)8(3)10;1-4-6-8-9(3)7-5-2/h5-11,18H,4H2,1-3H3;9H,4-7H2,1-3H3;4-8H2,1-3H3. The van der Waals surface area contributed by atoms with Crippen LogP contribution in [0.4, 0.5) is 5.69 Å². The van der Waals surface area contributed by atoms with E-state index in [4.69, 9.17) is 0 Å². The summed E-state index contributed by atoms with van der Waals surface area (Å²) in [4.78, 5) is 13.3. The number of Topliss-reactive ketones (excluding diaryl/α,β-unsaturated/α-hetero) is 1. The first kappa shape index (κ1) is 34.6. The first-order chi connectivity index (χ1) is 17.6. The molecule has 0 unspecified atom stereocenters. The third kappa shape index (κ3) is 15.5. The molecular formula is C34H56N2O. The van der Waals surface area contributed by atoms with Crippen LogP contribution in [0.3, 0.4) is 0 Å². The van der Waals surface area contributed by atoms with Crippen molar-refractivity contribution in [2.45, 2.75) is 100 Å². The van der Waals surface area contributed by atoms with Crippen LogP contribution in [-0.2, 0) is 4.79 Å². The molecule has 0 fully saturated rings. The summed E-state index contributed by atoms with van der Waals surface area (Å²) in [5.41, 5.74) is 6.96. The van der Waals surface area contributed by atoms with E-state index in [1.807, 2.05) is 12.1 Å². The first-order valence-corrected chi connectivity index (χ1v) is 14.4. The number of carbonyl (C=O) groups is 1. The maximum absolute atomic E-state index is 10.9. The Labute approximate surface area is 229 Å². The summed E-state index contributed by atoms with van der Waals surface area (Å²) in [5.74, 6) is 0.707. The molecule has 208 valence electrons. The van der Waals surface area contributed by atoms with Crippen molar-refractivity contribution in [3.8, 4) is 0 Å². The topological polar surface area (TPSA) is 32.3 Å². The van der Waals surface area contributed by atoms with E-state index >= 15 is 0 Å². The summed E-state index contributed by atoms with van der Waals surface area (Å²) in [5, 5.41) is 3.40. The highest BCUT2D eigenvalue weighted by Gasteiger charge is 2.10. The summed E-state index contributed by atoms with van der Waals surface area (Å²) in [6.07, 6.45) is 8.34. The van der Waals surface area contributed by atoms with Crippen molar-refractivity contribution in [1.82, 2.24) is 4.90 Å². The number of para-hydroxylation sites is 1. The van der Waals surface area contributed by atoms with Gasteiger partial charge in [-0.2, -0.15) is 0 Å². The zero-order chi connectivity index (χ0) is 28.2. The minimum atomic E-state index is 0.343.